The first-order valence-electron chi connectivity index (χ1n) is 7.88. The van der Waals surface area contributed by atoms with Crippen molar-refractivity contribution in [2.45, 2.75) is 57.1 Å². The van der Waals surface area contributed by atoms with E-state index < -0.39 is 38.9 Å². The van der Waals surface area contributed by atoms with Gasteiger partial charge in [-0.25, -0.2) is 0 Å². The van der Waals surface area contributed by atoms with Crippen molar-refractivity contribution in [1.29, 1.82) is 0 Å². The topological polar surface area (TPSA) is 95.7 Å². The highest BCUT2D eigenvalue weighted by atomic mass is 32.2. The second-order valence-electron chi connectivity index (χ2n) is 7.01. The van der Waals surface area contributed by atoms with Crippen LogP contribution in [0.25, 0.3) is 0 Å². The summed E-state index contributed by atoms with van der Waals surface area (Å²) in [4.78, 5) is 12.4. The highest BCUT2D eigenvalue weighted by Gasteiger charge is 2.49. The molecule has 26 heavy (non-hydrogen) atoms. The van der Waals surface area contributed by atoms with Crippen LogP contribution in [0, 0.1) is 0 Å². The lowest BCUT2D eigenvalue weighted by atomic mass is 9.82. The summed E-state index contributed by atoms with van der Waals surface area (Å²) in [6.07, 6.45) is 1.45. The predicted octanol–water partition coefficient (Wildman–Crippen LogP) is 3.26. The zero-order chi connectivity index (χ0) is 19.9. The average Bonchev–Trinajstić information content (AvgIpc) is 2.46. The van der Waals surface area contributed by atoms with E-state index in [0.29, 0.717) is 30.4 Å². The molecule has 0 heterocycles. The van der Waals surface area contributed by atoms with Crippen molar-refractivity contribution >= 4 is 21.8 Å². The number of ether oxygens (including phenoxy) is 1. The van der Waals surface area contributed by atoms with Crippen LogP contribution in [0.3, 0.4) is 0 Å². The number of hydrogen-bond acceptors (Lipinski definition) is 6. The van der Waals surface area contributed by atoms with Gasteiger partial charge < -0.3 is 14.7 Å². The number of carbonyl (C=O) groups is 1. The third-order valence-corrected chi connectivity index (χ3v) is 4.79. The maximum absolute atomic E-state index is 12.5. The van der Waals surface area contributed by atoms with Gasteiger partial charge in [-0.05, 0) is 57.2 Å². The van der Waals surface area contributed by atoms with E-state index in [-0.39, 0.29) is 5.69 Å². The molecule has 0 saturated heterocycles. The smallest absolute Gasteiger partial charge is 0.459 e. The normalized spacial score (nSPS) is 18.2. The van der Waals surface area contributed by atoms with E-state index in [9.17, 15) is 26.4 Å². The molecule has 10 heteroatoms. The summed E-state index contributed by atoms with van der Waals surface area (Å²) in [5.41, 5.74) is 0.283. The number of alkyl halides is 3. The first-order valence-corrected chi connectivity index (χ1v) is 9.28. The number of benzene rings is 1. The molecule has 2 N–H and O–H groups in total. The lowest BCUT2D eigenvalue weighted by Crippen LogP contribution is -2.30. The largest absolute Gasteiger partial charge is 0.534 e. The zero-order valence-corrected chi connectivity index (χ0v) is 15.3. The molecule has 146 valence electrons. The fourth-order valence-corrected chi connectivity index (χ4v) is 3.24. The summed E-state index contributed by atoms with van der Waals surface area (Å²) in [5, 5.41) is 0. The third-order valence-electron chi connectivity index (χ3n) is 3.82. The van der Waals surface area contributed by atoms with E-state index in [4.69, 9.17) is 10.5 Å². The minimum Gasteiger partial charge on any atom is -0.459 e. The van der Waals surface area contributed by atoms with Crippen LogP contribution in [0.5, 0.6) is 5.75 Å². The van der Waals surface area contributed by atoms with E-state index in [0.717, 1.165) is 6.07 Å². The molecule has 0 bridgehead atoms. The molecular formula is C16H20F3NO5S. The molecule has 0 saturated carbocycles. The molecule has 0 aromatic heterocycles. The minimum absolute atomic E-state index is 0.219. The predicted molar refractivity (Wildman–Crippen MR) is 88.0 cm³/mol. The van der Waals surface area contributed by atoms with Crippen molar-refractivity contribution in [2.24, 2.45) is 0 Å². The van der Waals surface area contributed by atoms with Crippen molar-refractivity contribution in [2.75, 3.05) is 5.73 Å². The standard InChI is InChI=1S/C16H20F3NO5S/c1-15(2,3)24-14(21)11-6-4-5-10-9(11)7-8-12(13(10)20)25-26(22,23)16(17,18)19/h7-8,11H,4-6,20H2,1-3H3/t11-/m1/s1. The van der Waals surface area contributed by atoms with Crippen LogP contribution in [-0.2, 0) is 26.1 Å². The summed E-state index contributed by atoms with van der Waals surface area (Å²) in [6.45, 7) is 5.17. The van der Waals surface area contributed by atoms with Gasteiger partial charge in [-0.2, -0.15) is 21.6 Å². The van der Waals surface area contributed by atoms with Gasteiger partial charge in [-0.3, -0.25) is 4.79 Å². The quantitative estimate of drug-likeness (QED) is 0.365. The van der Waals surface area contributed by atoms with Crippen LogP contribution in [0.15, 0.2) is 12.1 Å². The molecule has 0 radical (unpaired) electrons. The van der Waals surface area contributed by atoms with Crippen molar-refractivity contribution in [3.8, 4) is 5.75 Å². The Morgan fingerprint density at radius 2 is 1.85 bits per heavy atom. The molecule has 6 nitrogen and oxygen atoms in total. The highest BCUT2D eigenvalue weighted by molar-refractivity contribution is 7.88. The highest BCUT2D eigenvalue weighted by Crippen LogP contribution is 2.41. The molecule has 1 atom stereocenters. The number of nitrogens with two attached hydrogens (primary N) is 1. The second kappa shape index (κ2) is 6.64. The van der Waals surface area contributed by atoms with Gasteiger partial charge in [0, 0.05) is 0 Å². The van der Waals surface area contributed by atoms with Crippen LogP contribution < -0.4 is 9.92 Å². The van der Waals surface area contributed by atoms with Crippen LogP contribution in [0.2, 0.25) is 0 Å². The van der Waals surface area contributed by atoms with Gasteiger partial charge in [0.05, 0.1) is 11.6 Å². The summed E-state index contributed by atoms with van der Waals surface area (Å²) in [5.74, 6) is -1.69. The Bertz CT molecular complexity index is 812. The monoisotopic (exact) mass is 395 g/mol. The van der Waals surface area contributed by atoms with Gasteiger partial charge >= 0.3 is 21.6 Å². The van der Waals surface area contributed by atoms with Crippen molar-refractivity contribution in [3.05, 3.63) is 23.3 Å². The molecule has 0 spiro atoms. The van der Waals surface area contributed by atoms with Gasteiger partial charge in [0.1, 0.15) is 5.60 Å². The van der Waals surface area contributed by atoms with Gasteiger partial charge in [0.2, 0.25) is 0 Å². The summed E-state index contributed by atoms with van der Waals surface area (Å²) < 4.78 is 69.4. The number of anilines is 1. The fraction of sp³-hybridized carbons (Fsp3) is 0.562. The minimum atomic E-state index is -5.83. The summed E-state index contributed by atoms with van der Waals surface area (Å²) in [6, 6.07) is 2.39. The fourth-order valence-electron chi connectivity index (χ4n) is 2.76. The number of nitrogen functional groups attached to an aromatic ring is 1. The molecule has 1 aromatic rings. The van der Waals surface area contributed by atoms with Gasteiger partial charge in [0.25, 0.3) is 0 Å². The number of hydrogen-bond donors (Lipinski definition) is 1. The number of carbonyl (C=O) groups excluding carboxylic acids is 1. The Morgan fingerprint density at radius 3 is 2.38 bits per heavy atom. The molecule has 0 unspecified atom stereocenters. The van der Waals surface area contributed by atoms with Crippen LogP contribution >= 0.6 is 0 Å². The average molecular weight is 395 g/mol. The van der Waals surface area contributed by atoms with Crippen LogP contribution in [-0.4, -0.2) is 25.5 Å². The van der Waals surface area contributed by atoms with E-state index in [1.807, 2.05) is 0 Å². The van der Waals surface area contributed by atoms with Crippen LogP contribution in [0.4, 0.5) is 18.9 Å². The SMILES string of the molecule is CC(C)(C)OC(=O)[C@@H]1CCCc2c1ccc(OS(=O)(=O)C(F)(F)F)c2N. The molecule has 0 amide bonds. The third kappa shape index (κ3) is 4.22. The lowest BCUT2D eigenvalue weighted by molar-refractivity contribution is -0.157. The Morgan fingerprint density at radius 1 is 1.23 bits per heavy atom. The van der Waals surface area contributed by atoms with Crippen molar-refractivity contribution < 1.29 is 35.3 Å². The van der Waals surface area contributed by atoms with E-state index >= 15 is 0 Å². The number of halogens is 3. The Labute approximate surface area is 149 Å². The maximum atomic E-state index is 12.5. The number of esters is 1. The molecule has 2 rings (SSSR count). The number of rotatable bonds is 3. The second-order valence-corrected chi connectivity index (χ2v) is 8.54. The van der Waals surface area contributed by atoms with Crippen LogP contribution in [0.1, 0.15) is 50.7 Å². The zero-order valence-electron chi connectivity index (χ0n) is 14.5. The lowest BCUT2D eigenvalue weighted by Gasteiger charge is -2.29. The van der Waals surface area contributed by atoms with E-state index in [1.54, 1.807) is 20.8 Å². The molecular weight excluding hydrogens is 375 g/mol. The maximum Gasteiger partial charge on any atom is 0.534 e. The first kappa shape index (κ1) is 20.3. The number of fused-ring (bicyclic) bond motifs is 1. The van der Waals surface area contributed by atoms with Crippen molar-refractivity contribution in [1.82, 2.24) is 0 Å². The Hall–Kier alpha value is -1.97. The Balaban J connectivity index is 2.38. The molecule has 1 aliphatic rings. The molecule has 1 aliphatic carbocycles. The van der Waals surface area contributed by atoms with E-state index in [2.05, 4.69) is 4.18 Å². The van der Waals surface area contributed by atoms with Gasteiger partial charge in [-0.1, -0.05) is 6.07 Å². The summed E-state index contributed by atoms with van der Waals surface area (Å²) >= 11 is 0. The first-order chi connectivity index (χ1) is 11.7. The van der Waals surface area contributed by atoms with E-state index in [1.165, 1.54) is 6.07 Å². The molecule has 0 fully saturated rings. The molecule has 1 aromatic carbocycles. The molecule has 0 aliphatic heterocycles. The Kier molecular flexibility index (Phi) is 5.19. The summed E-state index contributed by atoms with van der Waals surface area (Å²) in [7, 11) is -5.83. The van der Waals surface area contributed by atoms with Crippen molar-refractivity contribution in [3.63, 3.8) is 0 Å². The van der Waals surface area contributed by atoms with Gasteiger partial charge in [-0.15, -0.1) is 0 Å². The van der Waals surface area contributed by atoms with Gasteiger partial charge in [0.15, 0.2) is 5.75 Å².